The molecule has 1 rings (SSSR count). The van der Waals surface area contributed by atoms with Crippen molar-refractivity contribution < 1.29 is 0 Å². The summed E-state index contributed by atoms with van der Waals surface area (Å²) in [6.07, 6.45) is 1.03. The van der Waals surface area contributed by atoms with E-state index in [0.717, 1.165) is 6.42 Å². The van der Waals surface area contributed by atoms with Gasteiger partial charge in [-0.1, -0.05) is 6.92 Å². The molecule has 0 fully saturated rings. The van der Waals surface area contributed by atoms with Gasteiger partial charge in [-0.2, -0.15) is 0 Å². The van der Waals surface area contributed by atoms with E-state index in [-0.39, 0.29) is 6.04 Å². The average Bonchev–Trinajstić information content (AvgIpc) is 2.31. The molecule has 0 radical (unpaired) electrons. The molecule has 1 heterocycles. The maximum absolute atomic E-state index is 5.89. The van der Waals surface area contributed by atoms with E-state index in [1.165, 1.54) is 15.3 Å². The molecule has 11 heavy (non-hydrogen) atoms. The minimum Gasteiger partial charge on any atom is -0.323 e. The molecule has 1 aromatic rings. The van der Waals surface area contributed by atoms with Crippen LogP contribution in [0.1, 0.15) is 34.7 Å². The van der Waals surface area contributed by atoms with Crippen LogP contribution < -0.4 is 5.73 Å². The van der Waals surface area contributed by atoms with Crippen LogP contribution in [0, 0.1) is 13.8 Å². The van der Waals surface area contributed by atoms with Crippen LogP contribution in [0.25, 0.3) is 0 Å². The third-order valence-electron chi connectivity index (χ3n) is 1.99. The van der Waals surface area contributed by atoms with E-state index in [1.54, 1.807) is 0 Å². The standard InChI is InChI=1S/C9H15NS/c1-4-8(10)9-5-6(2)7(3)11-9/h5,8H,4,10H2,1-3H3/t8-/m0/s1. The maximum atomic E-state index is 5.89. The largest absolute Gasteiger partial charge is 0.323 e. The molecular weight excluding hydrogens is 154 g/mol. The first-order valence-corrected chi connectivity index (χ1v) is 4.79. The third kappa shape index (κ3) is 1.82. The lowest BCUT2D eigenvalue weighted by Gasteiger charge is -2.03. The number of aryl methyl sites for hydroxylation is 2. The van der Waals surface area contributed by atoms with Crippen molar-refractivity contribution in [3.8, 4) is 0 Å². The molecule has 0 aromatic carbocycles. The van der Waals surface area contributed by atoms with E-state index in [0.29, 0.717) is 0 Å². The lowest BCUT2D eigenvalue weighted by Crippen LogP contribution is -2.05. The van der Waals surface area contributed by atoms with E-state index in [4.69, 9.17) is 5.73 Å². The fraction of sp³-hybridized carbons (Fsp3) is 0.556. The highest BCUT2D eigenvalue weighted by Crippen LogP contribution is 2.26. The van der Waals surface area contributed by atoms with Gasteiger partial charge in [0.25, 0.3) is 0 Å². The Morgan fingerprint density at radius 2 is 2.18 bits per heavy atom. The molecule has 1 atom stereocenters. The second kappa shape index (κ2) is 3.37. The highest BCUT2D eigenvalue weighted by molar-refractivity contribution is 7.12. The van der Waals surface area contributed by atoms with E-state index >= 15 is 0 Å². The summed E-state index contributed by atoms with van der Waals surface area (Å²) in [6.45, 7) is 6.40. The fourth-order valence-electron chi connectivity index (χ4n) is 0.986. The molecule has 2 N–H and O–H groups in total. The molecule has 1 aromatic heterocycles. The smallest absolute Gasteiger partial charge is 0.0387 e. The Hall–Kier alpha value is -0.340. The molecule has 0 saturated carbocycles. The van der Waals surface area contributed by atoms with Gasteiger partial charge in [0.2, 0.25) is 0 Å². The van der Waals surface area contributed by atoms with Crippen molar-refractivity contribution in [2.75, 3.05) is 0 Å². The predicted molar refractivity (Wildman–Crippen MR) is 51.0 cm³/mol. The second-order valence-electron chi connectivity index (χ2n) is 2.90. The predicted octanol–water partition coefficient (Wildman–Crippen LogP) is 2.77. The van der Waals surface area contributed by atoms with Gasteiger partial charge < -0.3 is 5.73 Å². The molecule has 0 amide bonds. The summed E-state index contributed by atoms with van der Waals surface area (Å²) in [7, 11) is 0. The summed E-state index contributed by atoms with van der Waals surface area (Å²) >= 11 is 1.82. The number of rotatable bonds is 2. The van der Waals surface area contributed by atoms with Gasteiger partial charge in [-0.15, -0.1) is 11.3 Å². The fourth-order valence-corrected chi connectivity index (χ4v) is 2.11. The van der Waals surface area contributed by atoms with E-state index in [9.17, 15) is 0 Å². The second-order valence-corrected chi connectivity index (χ2v) is 4.19. The summed E-state index contributed by atoms with van der Waals surface area (Å²) < 4.78 is 0. The molecule has 0 aliphatic carbocycles. The van der Waals surface area contributed by atoms with Crippen molar-refractivity contribution in [3.63, 3.8) is 0 Å². The SMILES string of the molecule is CC[C@H](N)c1cc(C)c(C)s1. The van der Waals surface area contributed by atoms with E-state index < -0.39 is 0 Å². The van der Waals surface area contributed by atoms with Crippen molar-refractivity contribution in [3.05, 3.63) is 21.4 Å². The lowest BCUT2D eigenvalue weighted by atomic mass is 10.2. The Labute approximate surface area is 72.2 Å². The number of hydrogen-bond donors (Lipinski definition) is 1. The topological polar surface area (TPSA) is 26.0 Å². The summed E-state index contributed by atoms with van der Waals surface area (Å²) in [5.74, 6) is 0. The first kappa shape index (κ1) is 8.75. The van der Waals surface area contributed by atoms with Gasteiger partial charge >= 0.3 is 0 Å². The summed E-state index contributed by atoms with van der Waals surface area (Å²) in [4.78, 5) is 2.71. The first-order chi connectivity index (χ1) is 5.15. The van der Waals surface area contributed by atoms with Crippen LogP contribution in [0.4, 0.5) is 0 Å². The molecule has 0 bridgehead atoms. The van der Waals surface area contributed by atoms with Gasteiger partial charge in [0.05, 0.1) is 0 Å². The minimum atomic E-state index is 0.243. The zero-order chi connectivity index (χ0) is 8.43. The Morgan fingerprint density at radius 1 is 1.55 bits per heavy atom. The monoisotopic (exact) mass is 169 g/mol. The molecular formula is C9H15NS. The minimum absolute atomic E-state index is 0.243. The van der Waals surface area contributed by atoms with Crippen LogP contribution in [0.3, 0.4) is 0 Å². The van der Waals surface area contributed by atoms with Crippen molar-refractivity contribution in [2.24, 2.45) is 5.73 Å². The molecule has 0 saturated heterocycles. The van der Waals surface area contributed by atoms with Crippen molar-refractivity contribution in [1.29, 1.82) is 0 Å². The van der Waals surface area contributed by atoms with Gasteiger partial charge in [0, 0.05) is 15.8 Å². The lowest BCUT2D eigenvalue weighted by molar-refractivity contribution is 0.712. The van der Waals surface area contributed by atoms with Crippen molar-refractivity contribution in [1.82, 2.24) is 0 Å². The third-order valence-corrected chi connectivity index (χ3v) is 3.27. The van der Waals surface area contributed by atoms with Crippen molar-refractivity contribution >= 4 is 11.3 Å². The molecule has 0 spiro atoms. The Kier molecular flexibility index (Phi) is 2.68. The van der Waals surface area contributed by atoms with Crippen molar-refractivity contribution in [2.45, 2.75) is 33.2 Å². The Balaban J connectivity index is 2.88. The summed E-state index contributed by atoms with van der Waals surface area (Å²) in [5.41, 5.74) is 7.26. The van der Waals surface area contributed by atoms with Gasteiger partial charge in [-0.05, 0) is 31.9 Å². The number of nitrogens with two attached hydrogens (primary N) is 1. The number of thiophene rings is 1. The zero-order valence-corrected chi connectivity index (χ0v) is 8.16. The molecule has 1 nitrogen and oxygen atoms in total. The summed E-state index contributed by atoms with van der Waals surface area (Å²) in [5, 5.41) is 0. The highest BCUT2D eigenvalue weighted by Gasteiger charge is 2.07. The summed E-state index contributed by atoms with van der Waals surface area (Å²) in [6, 6.07) is 2.45. The Bertz CT molecular complexity index is 220. The zero-order valence-electron chi connectivity index (χ0n) is 7.35. The molecule has 0 aliphatic rings. The van der Waals surface area contributed by atoms with Gasteiger partial charge in [-0.3, -0.25) is 0 Å². The van der Waals surface area contributed by atoms with Gasteiger partial charge in [-0.25, -0.2) is 0 Å². The van der Waals surface area contributed by atoms with Crippen LogP contribution in [-0.4, -0.2) is 0 Å². The van der Waals surface area contributed by atoms with Gasteiger partial charge in [0.1, 0.15) is 0 Å². The van der Waals surface area contributed by atoms with Crippen LogP contribution in [0.15, 0.2) is 6.07 Å². The number of hydrogen-bond acceptors (Lipinski definition) is 2. The van der Waals surface area contributed by atoms with Gasteiger partial charge in [0.15, 0.2) is 0 Å². The molecule has 62 valence electrons. The van der Waals surface area contributed by atoms with Crippen LogP contribution >= 0.6 is 11.3 Å². The first-order valence-electron chi connectivity index (χ1n) is 3.97. The van der Waals surface area contributed by atoms with Crippen LogP contribution in [0.2, 0.25) is 0 Å². The van der Waals surface area contributed by atoms with E-state index in [2.05, 4.69) is 26.8 Å². The molecule has 0 aliphatic heterocycles. The van der Waals surface area contributed by atoms with E-state index in [1.807, 2.05) is 11.3 Å². The highest BCUT2D eigenvalue weighted by atomic mass is 32.1. The normalized spacial score (nSPS) is 13.5. The average molecular weight is 169 g/mol. The molecule has 0 unspecified atom stereocenters. The molecule has 2 heteroatoms. The van der Waals surface area contributed by atoms with Crippen LogP contribution in [-0.2, 0) is 0 Å². The maximum Gasteiger partial charge on any atom is 0.0387 e. The Morgan fingerprint density at radius 3 is 2.55 bits per heavy atom. The quantitative estimate of drug-likeness (QED) is 0.724. The van der Waals surface area contributed by atoms with Crippen LogP contribution in [0.5, 0.6) is 0 Å².